The molecule has 4 aliphatic rings. The van der Waals surface area contributed by atoms with Crippen molar-refractivity contribution in [3.05, 3.63) is 107 Å². The fourth-order valence-electron chi connectivity index (χ4n) is 6.56. The summed E-state index contributed by atoms with van der Waals surface area (Å²) in [5, 5.41) is 16.2. The van der Waals surface area contributed by atoms with Crippen LogP contribution in [0.15, 0.2) is 99.9 Å². The first-order chi connectivity index (χ1) is 20.9. The molecule has 7 rings (SSSR count). The molecule has 9 nitrogen and oxygen atoms in total. The molecule has 0 unspecified atom stereocenters. The average molecular weight is 573 g/mol. The number of hydrogen-bond acceptors (Lipinski definition) is 7. The second-order valence-electron chi connectivity index (χ2n) is 11.7. The van der Waals surface area contributed by atoms with E-state index in [-0.39, 0.29) is 24.4 Å². The van der Waals surface area contributed by atoms with Crippen molar-refractivity contribution in [2.24, 2.45) is 21.4 Å². The highest BCUT2D eigenvalue weighted by Gasteiger charge is 2.55. The highest BCUT2D eigenvalue weighted by Crippen LogP contribution is 2.45. The van der Waals surface area contributed by atoms with Gasteiger partial charge in [-0.2, -0.15) is 10.2 Å². The standard InChI is InChI=1S/C34H32N6O3/c1-21-11-15-23(16-12-21)19-25-7-6-10-27-29(25)36-40(31(27)24-17-13-22(2)14-18-24)28(41)20-38-32-30(35-37-38)33(42)39(34(32)43)26-8-4-3-5-9-26/h3-5,8-9,11-19,27,30-32H,6-7,10,20H2,1-2H3/b25-19-/t27-,30+,31-,32-/m1/s1. The average Bonchev–Trinajstić information content (AvgIpc) is 3.68. The molecule has 1 saturated heterocycles. The Kier molecular flexibility index (Phi) is 6.72. The summed E-state index contributed by atoms with van der Waals surface area (Å²) in [4.78, 5) is 41.8. The van der Waals surface area contributed by atoms with Crippen LogP contribution in [-0.2, 0) is 14.4 Å². The molecule has 3 aromatic rings. The van der Waals surface area contributed by atoms with Crippen molar-refractivity contribution in [3.8, 4) is 0 Å². The smallest absolute Gasteiger partial charge is 0.264 e. The zero-order chi connectivity index (χ0) is 29.7. The van der Waals surface area contributed by atoms with Gasteiger partial charge in [0.1, 0.15) is 6.54 Å². The predicted molar refractivity (Wildman–Crippen MR) is 163 cm³/mol. The molecule has 1 saturated carbocycles. The van der Waals surface area contributed by atoms with Crippen LogP contribution in [0, 0.1) is 19.8 Å². The molecule has 3 aliphatic heterocycles. The first kappa shape index (κ1) is 26.9. The van der Waals surface area contributed by atoms with Gasteiger partial charge in [-0.1, -0.05) is 83.1 Å². The van der Waals surface area contributed by atoms with E-state index in [1.165, 1.54) is 10.6 Å². The quantitative estimate of drug-likeness (QED) is 0.381. The molecule has 3 amide bonds. The second-order valence-corrected chi connectivity index (χ2v) is 11.7. The third-order valence-corrected chi connectivity index (χ3v) is 8.76. The van der Waals surface area contributed by atoms with Crippen molar-refractivity contribution in [1.29, 1.82) is 0 Å². The van der Waals surface area contributed by atoms with Crippen LogP contribution in [0.25, 0.3) is 6.08 Å². The van der Waals surface area contributed by atoms with E-state index in [0.29, 0.717) is 5.69 Å². The third kappa shape index (κ3) is 4.74. The lowest BCUT2D eigenvalue weighted by atomic mass is 9.77. The molecule has 0 aromatic heterocycles. The SMILES string of the molecule is Cc1ccc(/C=C2/CCC[C@@H]3C2=NN(C(=O)CN2N=N[C@@H]4C(=O)N(c5ccccc5)C(=O)[C@@H]42)[C@@H]3c2ccc(C)cc2)cc1. The number of amides is 3. The van der Waals surface area contributed by atoms with Crippen molar-refractivity contribution >= 4 is 35.2 Å². The van der Waals surface area contributed by atoms with E-state index < -0.39 is 23.9 Å². The van der Waals surface area contributed by atoms with Gasteiger partial charge in [0.15, 0.2) is 12.1 Å². The summed E-state index contributed by atoms with van der Waals surface area (Å²) in [6.07, 6.45) is 4.99. The molecule has 4 atom stereocenters. The molecular weight excluding hydrogens is 540 g/mol. The number of hydrazone groups is 1. The Hall–Kier alpha value is -4.92. The van der Waals surface area contributed by atoms with Gasteiger partial charge >= 0.3 is 0 Å². The number of hydrogen-bond donors (Lipinski definition) is 0. The molecule has 2 fully saturated rings. The second kappa shape index (κ2) is 10.7. The number of aryl methyl sites for hydroxylation is 2. The van der Waals surface area contributed by atoms with E-state index in [4.69, 9.17) is 5.10 Å². The van der Waals surface area contributed by atoms with Crippen LogP contribution in [-0.4, -0.2) is 52.1 Å². The number of benzene rings is 3. The molecule has 9 heteroatoms. The largest absolute Gasteiger partial charge is 0.271 e. The Labute approximate surface area is 250 Å². The Bertz CT molecular complexity index is 1680. The lowest BCUT2D eigenvalue weighted by molar-refractivity contribution is -0.136. The molecule has 0 spiro atoms. The third-order valence-electron chi connectivity index (χ3n) is 8.76. The molecule has 0 bridgehead atoms. The zero-order valence-corrected chi connectivity index (χ0v) is 24.1. The van der Waals surface area contributed by atoms with Crippen LogP contribution in [0.1, 0.15) is 47.6 Å². The number of carbonyl (C=O) groups is 3. The molecule has 3 heterocycles. The fraction of sp³-hybridized carbons (Fsp3) is 0.294. The van der Waals surface area contributed by atoms with Crippen molar-refractivity contribution in [2.45, 2.75) is 51.2 Å². The van der Waals surface area contributed by atoms with E-state index in [9.17, 15) is 14.4 Å². The van der Waals surface area contributed by atoms with Gasteiger partial charge in [0, 0.05) is 5.92 Å². The van der Waals surface area contributed by atoms with Crippen LogP contribution < -0.4 is 4.90 Å². The van der Waals surface area contributed by atoms with Gasteiger partial charge in [-0.05, 0) is 68.0 Å². The maximum Gasteiger partial charge on any atom is 0.264 e. The molecule has 0 N–H and O–H groups in total. The lowest BCUT2D eigenvalue weighted by Crippen LogP contribution is -2.45. The van der Waals surface area contributed by atoms with Crippen molar-refractivity contribution in [2.75, 3.05) is 11.4 Å². The molecule has 0 radical (unpaired) electrons. The number of rotatable bonds is 5. The van der Waals surface area contributed by atoms with Crippen LogP contribution in [0.4, 0.5) is 5.69 Å². The van der Waals surface area contributed by atoms with Crippen molar-refractivity contribution < 1.29 is 14.4 Å². The Balaban J connectivity index is 1.19. The predicted octanol–water partition coefficient (Wildman–Crippen LogP) is 5.42. The fourth-order valence-corrected chi connectivity index (χ4v) is 6.56. The van der Waals surface area contributed by atoms with Gasteiger partial charge in [-0.25, -0.2) is 9.91 Å². The van der Waals surface area contributed by atoms with Gasteiger partial charge in [-0.15, -0.1) is 0 Å². The first-order valence-electron chi connectivity index (χ1n) is 14.7. The van der Waals surface area contributed by atoms with E-state index in [2.05, 4.69) is 71.9 Å². The number of imide groups is 1. The Morgan fingerprint density at radius 2 is 1.58 bits per heavy atom. The van der Waals surface area contributed by atoms with Gasteiger partial charge in [-0.3, -0.25) is 19.4 Å². The van der Waals surface area contributed by atoms with E-state index >= 15 is 0 Å². The number of nitrogens with zero attached hydrogens (tertiary/aromatic N) is 6. The summed E-state index contributed by atoms with van der Waals surface area (Å²) in [7, 11) is 0. The van der Waals surface area contributed by atoms with E-state index in [1.807, 2.05) is 13.0 Å². The van der Waals surface area contributed by atoms with Crippen molar-refractivity contribution in [1.82, 2.24) is 10.0 Å². The Morgan fingerprint density at radius 1 is 0.884 bits per heavy atom. The lowest BCUT2D eigenvalue weighted by Gasteiger charge is -2.30. The van der Waals surface area contributed by atoms with E-state index in [0.717, 1.165) is 52.1 Å². The van der Waals surface area contributed by atoms with E-state index in [1.54, 1.807) is 29.3 Å². The molecular formula is C34H32N6O3. The molecule has 1 aliphatic carbocycles. The summed E-state index contributed by atoms with van der Waals surface area (Å²) in [6, 6.07) is 23.2. The van der Waals surface area contributed by atoms with Gasteiger partial charge in [0.25, 0.3) is 17.7 Å². The summed E-state index contributed by atoms with van der Waals surface area (Å²) >= 11 is 0. The molecule has 3 aromatic carbocycles. The normalized spacial score (nSPS) is 25.4. The number of para-hydroxylation sites is 1. The summed E-state index contributed by atoms with van der Waals surface area (Å²) in [6.45, 7) is 3.90. The Morgan fingerprint density at radius 3 is 2.30 bits per heavy atom. The van der Waals surface area contributed by atoms with Gasteiger partial charge < -0.3 is 0 Å². The minimum absolute atomic E-state index is 0.0494. The number of anilines is 1. The number of allylic oxidation sites excluding steroid dienone is 1. The molecule has 216 valence electrons. The highest BCUT2D eigenvalue weighted by molar-refractivity contribution is 6.25. The summed E-state index contributed by atoms with van der Waals surface area (Å²) < 4.78 is 0. The van der Waals surface area contributed by atoms with Crippen LogP contribution in [0.2, 0.25) is 0 Å². The maximum atomic E-state index is 14.1. The zero-order valence-electron chi connectivity index (χ0n) is 24.1. The maximum absolute atomic E-state index is 14.1. The van der Waals surface area contributed by atoms with Crippen LogP contribution >= 0.6 is 0 Å². The van der Waals surface area contributed by atoms with Crippen LogP contribution in [0.5, 0.6) is 0 Å². The van der Waals surface area contributed by atoms with Gasteiger partial charge in [0.2, 0.25) is 0 Å². The number of carbonyl (C=O) groups excluding carboxylic acids is 3. The summed E-state index contributed by atoms with van der Waals surface area (Å²) in [5.74, 6) is -1.11. The molecule has 43 heavy (non-hydrogen) atoms. The highest BCUT2D eigenvalue weighted by atomic mass is 16.2. The van der Waals surface area contributed by atoms with Gasteiger partial charge in [0.05, 0.1) is 17.4 Å². The summed E-state index contributed by atoms with van der Waals surface area (Å²) in [5.41, 5.74) is 7.03. The minimum atomic E-state index is -0.968. The number of fused-ring (bicyclic) bond motifs is 2. The topological polar surface area (TPSA) is 98.0 Å². The monoisotopic (exact) mass is 572 g/mol. The van der Waals surface area contributed by atoms with Crippen LogP contribution in [0.3, 0.4) is 0 Å². The minimum Gasteiger partial charge on any atom is -0.271 e. The first-order valence-corrected chi connectivity index (χ1v) is 14.7. The van der Waals surface area contributed by atoms with Crippen molar-refractivity contribution in [3.63, 3.8) is 0 Å².